The molecular weight excluding hydrogens is 418 g/mol. The lowest BCUT2D eigenvalue weighted by Crippen LogP contribution is -2.52. The van der Waals surface area contributed by atoms with Crippen molar-refractivity contribution in [3.8, 4) is 0 Å². The van der Waals surface area contributed by atoms with Crippen molar-refractivity contribution in [2.24, 2.45) is 0 Å². The van der Waals surface area contributed by atoms with Crippen molar-refractivity contribution in [1.82, 2.24) is 15.5 Å². The molecule has 1 aromatic rings. The molecule has 0 radical (unpaired) electrons. The van der Waals surface area contributed by atoms with E-state index in [0.29, 0.717) is 6.42 Å². The topological polar surface area (TPSA) is 87.7 Å². The zero-order valence-corrected chi connectivity index (χ0v) is 21.7. The molecule has 0 aliphatic rings. The number of nitrogens with zero attached hydrogens (tertiary/aromatic N) is 1. The molecule has 0 saturated heterocycles. The molecule has 3 amide bonds. The summed E-state index contributed by atoms with van der Waals surface area (Å²) in [5, 5.41) is 5.61. The monoisotopic (exact) mass is 461 g/mol. The highest BCUT2D eigenvalue weighted by Crippen LogP contribution is 2.26. The Morgan fingerprint density at radius 1 is 1.03 bits per heavy atom. The van der Waals surface area contributed by atoms with Gasteiger partial charge >= 0.3 is 6.09 Å². The Labute approximate surface area is 199 Å². The second-order valence-corrected chi connectivity index (χ2v) is 9.61. The molecule has 0 spiro atoms. The van der Waals surface area contributed by atoms with E-state index in [0.717, 1.165) is 30.4 Å². The van der Waals surface area contributed by atoms with Crippen molar-refractivity contribution >= 4 is 17.9 Å². The molecule has 0 saturated carbocycles. The van der Waals surface area contributed by atoms with Crippen molar-refractivity contribution in [2.75, 3.05) is 6.54 Å². The van der Waals surface area contributed by atoms with E-state index in [1.54, 1.807) is 25.7 Å². The van der Waals surface area contributed by atoms with E-state index in [1.165, 1.54) is 0 Å². The molecule has 0 aromatic heterocycles. The lowest BCUT2D eigenvalue weighted by atomic mass is 9.99. The standard InChI is InChI=1S/C26H43N3O4/c1-9-12-18(4)28-24(31)23(21-15-13-20(11-3)14-16-21)29(19(5)10-2)22(30)17-27-25(32)33-26(6,7)8/h13-16,18-19,23H,9-12,17H2,1-8H3,(H,27,32)(H,28,31). The lowest BCUT2D eigenvalue weighted by molar-refractivity contribution is -0.143. The maximum atomic E-state index is 13.5. The molecule has 0 aliphatic carbocycles. The molecule has 7 heteroatoms. The molecule has 3 unspecified atom stereocenters. The minimum absolute atomic E-state index is 0.00584. The molecule has 1 rings (SSSR count). The summed E-state index contributed by atoms with van der Waals surface area (Å²) in [4.78, 5) is 40.5. The number of nitrogens with one attached hydrogen (secondary N) is 2. The summed E-state index contributed by atoms with van der Waals surface area (Å²) >= 11 is 0. The summed E-state index contributed by atoms with van der Waals surface area (Å²) in [6.07, 6.45) is 2.69. The molecule has 3 atom stereocenters. The van der Waals surface area contributed by atoms with Crippen LogP contribution < -0.4 is 10.6 Å². The number of carbonyl (C=O) groups excluding carboxylic acids is 3. The average molecular weight is 462 g/mol. The number of alkyl carbamates (subject to hydrolysis) is 1. The molecule has 0 fully saturated rings. The van der Waals surface area contributed by atoms with Crippen molar-refractivity contribution in [3.05, 3.63) is 35.4 Å². The van der Waals surface area contributed by atoms with Gasteiger partial charge in [-0.15, -0.1) is 0 Å². The van der Waals surface area contributed by atoms with E-state index >= 15 is 0 Å². The summed E-state index contributed by atoms with van der Waals surface area (Å²) in [7, 11) is 0. The number of ether oxygens (including phenoxy) is 1. The molecule has 7 nitrogen and oxygen atoms in total. The number of amides is 3. The van der Waals surface area contributed by atoms with Crippen LogP contribution in [0.1, 0.15) is 91.8 Å². The van der Waals surface area contributed by atoms with Crippen LogP contribution >= 0.6 is 0 Å². The van der Waals surface area contributed by atoms with Gasteiger partial charge in [0.25, 0.3) is 0 Å². The van der Waals surface area contributed by atoms with Gasteiger partial charge in [0.15, 0.2) is 0 Å². The quantitative estimate of drug-likeness (QED) is 0.498. The first-order valence-electron chi connectivity index (χ1n) is 12.1. The van der Waals surface area contributed by atoms with Gasteiger partial charge in [-0.05, 0) is 65.0 Å². The summed E-state index contributed by atoms with van der Waals surface area (Å²) in [6, 6.07) is 6.80. The third-order valence-corrected chi connectivity index (χ3v) is 5.48. The van der Waals surface area contributed by atoms with E-state index < -0.39 is 17.7 Å². The van der Waals surface area contributed by atoms with Crippen LogP contribution in [0.15, 0.2) is 24.3 Å². The third kappa shape index (κ3) is 9.44. The average Bonchev–Trinajstić information content (AvgIpc) is 2.74. The molecule has 0 bridgehead atoms. The van der Waals surface area contributed by atoms with Gasteiger partial charge in [0.2, 0.25) is 11.8 Å². The van der Waals surface area contributed by atoms with Crippen molar-refractivity contribution in [3.63, 3.8) is 0 Å². The van der Waals surface area contributed by atoms with E-state index in [9.17, 15) is 14.4 Å². The Morgan fingerprint density at radius 3 is 2.12 bits per heavy atom. The fourth-order valence-corrected chi connectivity index (χ4v) is 3.60. The first-order chi connectivity index (χ1) is 15.4. The molecule has 0 aliphatic heterocycles. The van der Waals surface area contributed by atoms with Gasteiger partial charge in [-0.2, -0.15) is 0 Å². The Bertz CT molecular complexity index is 771. The van der Waals surface area contributed by atoms with Gasteiger partial charge in [0.1, 0.15) is 18.2 Å². The summed E-state index contributed by atoms with van der Waals surface area (Å²) in [5.74, 6) is -0.552. The second kappa shape index (κ2) is 13.2. The van der Waals surface area contributed by atoms with Crippen LogP contribution in [0.4, 0.5) is 4.79 Å². The maximum Gasteiger partial charge on any atom is 0.408 e. The Balaban J connectivity index is 3.25. The highest BCUT2D eigenvalue weighted by atomic mass is 16.6. The molecule has 1 aromatic carbocycles. The second-order valence-electron chi connectivity index (χ2n) is 9.61. The van der Waals surface area contributed by atoms with Gasteiger partial charge in [0, 0.05) is 12.1 Å². The minimum atomic E-state index is -0.793. The summed E-state index contributed by atoms with van der Waals surface area (Å²) < 4.78 is 5.25. The van der Waals surface area contributed by atoms with Crippen LogP contribution in [-0.4, -0.2) is 47.0 Å². The first-order valence-corrected chi connectivity index (χ1v) is 12.1. The third-order valence-electron chi connectivity index (χ3n) is 5.48. The highest BCUT2D eigenvalue weighted by Gasteiger charge is 2.35. The van der Waals surface area contributed by atoms with E-state index in [1.807, 2.05) is 45.0 Å². The van der Waals surface area contributed by atoms with Crippen LogP contribution in [0.2, 0.25) is 0 Å². The number of hydrogen-bond donors (Lipinski definition) is 2. The van der Waals surface area contributed by atoms with Crippen LogP contribution in [0.3, 0.4) is 0 Å². The summed E-state index contributed by atoms with van der Waals surface area (Å²) in [5.41, 5.74) is 1.24. The first kappa shape index (κ1) is 28.5. The van der Waals surface area contributed by atoms with Crippen molar-refractivity contribution in [2.45, 2.75) is 105 Å². The zero-order chi connectivity index (χ0) is 25.2. The number of hydrogen-bond acceptors (Lipinski definition) is 4. The SMILES string of the molecule is CCCC(C)NC(=O)C(c1ccc(CC)cc1)N(C(=O)CNC(=O)OC(C)(C)C)C(C)CC. The Morgan fingerprint density at radius 2 is 1.64 bits per heavy atom. The van der Waals surface area contributed by atoms with E-state index in [2.05, 4.69) is 24.5 Å². The highest BCUT2D eigenvalue weighted by molar-refractivity contribution is 5.90. The van der Waals surface area contributed by atoms with Crippen LogP contribution in [0.5, 0.6) is 0 Å². The largest absolute Gasteiger partial charge is 0.444 e. The maximum absolute atomic E-state index is 13.5. The normalized spacial score (nSPS) is 14.1. The lowest BCUT2D eigenvalue weighted by Gasteiger charge is -2.36. The van der Waals surface area contributed by atoms with Crippen LogP contribution in [-0.2, 0) is 20.7 Å². The fraction of sp³-hybridized carbons (Fsp3) is 0.654. The van der Waals surface area contributed by atoms with Crippen molar-refractivity contribution in [1.29, 1.82) is 0 Å². The number of aryl methyl sites for hydroxylation is 1. The predicted molar refractivity (Wildman–Crippen MR) is 132 cm³/mol. The number of carbonyl (C=O) groups is 3. The summed E-state index contributed by atoms with van der Waals surface area (Å²) in [6.45, 7) is 15.0. The van der Waals surface area contributed by atoms with Crippen molar-refractivity contribution < 1.29 is 19.1 Å². The molecule has 33 heavy (non-hydrogen) atoms. The minimum Gasteiger partial charge on any atom is -0.444 e. The Hall–Kier alpha value is -2.57. The molecule has 2 N–H and O–H groups in total. The zero-order valence-electron chi connectivity index (χ0n) is 21.7. The van der Waals surface area contributed by atoms with E-state index in [-0.39, 0.29) is 30.4 Å². The van der Waals surface area contributed by atoms with E-state index in [4.69, 9.17) is 4.74 Å². The Kier molecular flexibility index (Phi) is 11.4. The number of rotatable bonds is 11. The number of benzene rings is 1. The predicted octanol–water partition coefficient (Wildman–Crippen LogP) is 4.75. The van der Waals surface area contributed by atoms with Gasteiger partial charge in [-0.1, -0.05) is 51.5 Å². The van der Waals surface area contributed by atoms with Gasteiger partial charge < -0.3 is 20.3 Å². The fourth-order valence-electron chi connectivity index (χ4n) is 3.60. The van der Waals surface area contributed by atoms with Crippen LogP contribution in [0, 0.1) is 0 Å². The molecule has 186 valence electrons. The molecular formula is C26H43N3O4. The van der Waals surface area contributed by atoms with Gasteiger partial charge in [-0.3, -0.25) is 9.59 Å². The molecule has 0 heterocycles. The van der Waals surface area contributed by atoms with Gasteiger partial charge in [0.05, 0.1) is 0 Å². The van der Waals surface area contributed by atoms with Gasteiger partial charge in [-0.25, -0.2) is 4.79 Å². The van der Waals surface area contributed by atoms with Crippen LogP contribution in [0.25, 0.3) is 0 Å². The smallest absolute Gasteiger partial charge is 0.408 e.